The van der Waals surface area contributed by atoms with Gasteiger partial charge in [0.15, 0.2) is 0 Å². The van der Waals surface area contributed by atoms with Crippen LogP contribution in [0.2, 0.25) is 0 Å². The van der Waals surface area contributed by atoms with Crippen LogP contribution in [0.25, 0.3) is 0 Å². The van der Waals surface area contributed by atoms with Crippen LogP contribution in [0.1, 0.15) is 12.0 Å². The van der Waals surface area contributed by atoms with Crippen LogP contribution in [-0.2, 0) is 28.1 Å². The van der Waals surface area contributed by atoms with Gasteiger partial charge in [0.1, 0.15) is 0 Å². The maximum Gasteiger partial charge on any atom is 2.00 e. The first-order valence-corrected chi connectivity index (χ1v) is 4.48. The Labute approximate surface area is 114 Å². The van der Waals surface area contributed by atoms with E-state index >= 15 is 0 Å². The van der Waals surface area contributed by atoms with E-state index in [4.69, 9.17) is 0 Å². The molecule has 0 radical (unpaired) electrons. The van der Waals surface area contributed by atoms with Crippen LogP contribution in [0.3, 0.4) is 0 Å². The molecule has 2 rings (SSSR count). The van der Waals surface area contributed by atoms with Crippen LogP contribution in [-0.4, -0.2) is 0 Å². The molecule has 0 nitrogen and oxygen atoms in total. The molecule has 0 aromatic heterocycles. The van der Waals surface area contributed by atoms with Crippen molar-refractivity contribution in [2.75, 3.05) is 0 Å². The second-order valence-corrected chi connectivity index (χ2v) is 2.74. The third kappa shape index (κ3) is 8.68. The topological polar surface area (TPSA) is 0 Å². The van der Waals surface area contributed by atoms with Gasteiger partial charge >= 0.3 is 21.7 Å². The normalized spacial score (nSPS) is 10.7. The molecular formula is C13H15ClTi. The van der Waals surface area contributed by atoms with E-state index in [1.165, 1.54) is 5.56 Å². The quantitative estimate of drug-likeness (QED) is 0.528. The molecular weight excluding hydrogens is 239 g/mol. The zero-order chi connectivity index (χ0) is 9.36. The molecule has 0 saturated heterocycles. The van der Waals surface area contributed by atoms with Gasteiger partial charge in [-0.3, -0.25) is 6.08 Å². The fraction of sp³-hybridized carbons (Fsp3) is 0.154. The summed E-state index contributed by atoms with van der Waals surface area (Å²) in [5.41, 5.74) is 1.30. The van der Waals surface area contributed by atoms with Crippen LogP contribution < -0.4 is 0 Å². The van der Waals surface area contributed by atoms with E-state index in [9.17, 15) is 0 Å². The minimum atomic E-state index is 0. The summed E-state index contributed by atoms with van der Waals surface area (Å²) in [6, 6.07) is 10.2. The Morgan fingerprint density at radius 1 is 1.20 bits per heavy atom. The van der Waals surface area contributed by atoms with Crippen LogP contribution in [0.5, 0.6) is 0 Å². The fourth-order valence-electron chi connectivity index (χ4n) is 0.985. The number of hydrogen-bond acceptors (Lipinski definition) is 0. The Morgan fingerprint density at radius 2 is 1.87 bits per heavy atom. The summed E-state index contributed by atoms with van der Waals surface area (Å²) < 4.78 is 0. The van der Waals surface area contributed by atoms with Gasteiger partial charge in [-0.15, -0.1) is 18.8 Å². The second-order valence-electron chi connectivity index (χ2n) is 2.74. The van der Waals surface area contributed by atoms with E-state index in [1.54, 1.807) is 0 Å². The Kier molecular flexibility index (Phi) is 13.4. The van der Waals surface area contributed by atoms with Gasteiger partial charge in [0, 0.05) is 0 Å². The molecule has 2 heteroatoms. The molecule has 15 heavy (non-hydrogen) atoms. The van der Waals surface area contributed by atoms with E-state index in [0.29, 0.717) is 0 Å². The standard InChI is InChI=1S/C8H9.C5H5.ClH.Ti/c1-2-8-6-4-3-5-7-8;1-2-4-5-3-1;;/h3-7H,1-2H2;1-3H,4H2;1H;/q2*-1;;+2. The number of halogens is 1. The monoisotopic (exact) mass is 254 g/mol. The van der Waals surface area contributed by atoms with Gasteiger partial charge in [-0.2, -0.15) is 12.5 Å². The molecule has 0 spiro atoms. The minimum absolute atomic E-state index is 0. The van der Waals surface area contributed by atoms with Crippen molar-refractivity contribution in [3.63, 3.8) is 0 Å². The Morgan fingerprint density at radius 3 is 2.13 bits per heavy atom. The molecule has 1 aromatic rings. The van der Waals surface area contributed by atoms with E-state index in [2.05, 4.69) is 31.2 Å². The van der Waals surface area contributed by atoms with Crippen molar-refractivity contribution in [3.8, 4) is 0 Å². The van der Waals surface area contributed by atoms with Crippen molar-refractivity contribution < 1.29 is 21.7 Å². The van der Waals surface area contributed by atoms with Crippen molar-refractivity contribution in [1.82, 2.24) is 0 Å². The predicted molar refractivity (Wildman–Crippen MR) is 64.3 cm³/mol. The zero-order valence-electron chi connectivity index (χ0n) is 8.65. The largest absolute Gasteiger partial charge is 2.00 e. The summed E-state index contributed by atoms with van der Waals surface area (Å²) >= 11 is 0. The third-order valence-corrected chi connectivity index (χ3v) is 1.72. The molecule has 1 aromatic carbocycles. The Bertz CT molecular complexity index is 268. The molecule has 0 saturated carbocycles. The minimum Gasteiger partial charge on any atom is -0.339 e. The molecule has 1 aliphatic carbocycles. The van der Waals surface area contributed by atoms with E-state index in [0.717, 1.165) is 12.8 Å². The average Bonchev–Trinajstić information content (AvgIpc) is 2.77. The fourth-order valence-corrected chi connectivity index (χ4v) is 0.985. The van der Waals surface area contributed by atoms with E-state index < -0.39 is 0 Å². The molecule has 0 heterocycles. The van der Waals surface area contributed by atoms with Crippen molar-refractivity contribution in [2.24, 2.45) is 0 Å². The molecule has 1 aliphatic rings. The van der Waals surface area contributed by atoms with Crippen LogP contribution >= 0.6 is 12.4 Å². The van der Waals surface area contributed by atoms with E-state index in [1.807, 2.05) is 30.4 Å². The molecule has 0 aliphatic heterocycles. The summed E-state index contributed by atoms with van der Waals surface area (Å²) in [6.07, 6.45) is 10.9. The first-order chi connectivity index (χ1) is 6.43. The van der Waals surface area contributed by atoms with Crippen molar-refractivity contribution in [1.29, 1.82) is 0 Å². The van der Waals surface area contributed by atoms with Gasteiger partial charge in [-0.05, 0) is 0 Å². The zero-order valence-corrected chi connectivity index (χ0v) is 11.0. The number of allylic oxidation sites excluding steroid dienone is 4. The Balaban J connectivity index is 0. The van der Waals surface area contributed by atoms with Crippen LogP contribution in [0, 0.1) is 13.0 Å². The summed E-state index contributed by atoms with van der Waals surface area (Å²) in [5, 5.41) is 0. The van der Waals surface area contributed by atoms with Gasteiger partial charge < -0.3 is 6.92 Å². The number of benzene rings is 1. The molecule has 0 bridgehead atoms. The number of hydrogen-bond donors (Lipinski definition) is 0. The molecule has 78 valence electrons. The first-order valence-electron chi connectivity index (χ1n) is 4.48. The Hall–Kier alpha value is -0.296. The first kappa shape index (κ1) is 17.1. The number of rotatable bonds is 1. The van der Waals surface area contributed by atoms with Gasteiger partial charge in [0.2, 0.25) is 0 Å². The van der Waals surface area contributed by atoms with E-state index in [-0.39, 0.29) is 34.1 Å². The van der Waals surface area contributed by atoms with Gasteiger partial charge in [-0.1, -0.05) is 35.9 Å². The molecule has 0 atom stereocenters. The second kappa shape index (κ2) is 11.8. The van der Waals surface area contributed by atoms with Crippen molar-refractivity contribution in [3.05, 3.63) is 67.1 Å². The molecule has 0 fully saturated rings. The van der Waals surface area contributed by atoms with Crippen molar-refractivity contribution in [2.45, 2.75) is 12.8 Å². The van der Waals surface area contributed by atoms with Crippen molar-refractivity contribution >= 4 is 12.4 Å². The van der Waals surface area contributed by atoms with Gasteiger partial charge in [-0.25, -0.2) is 12.2 Å². The summed E-state index contributed by atoms with van der Waals surface area (Å²) in [6.45, 7) is 3.76. The maximum absolute atomic E-state index is 3.76. The van der Waals surface area contributed by atoms with Gasteiger partial charge in [0.05, 0.1) is 0 Å². The van der Waals surface area contributed by atoms with Crippen LogP contribution in [0.15, 0.2) is 48.6 Å². The summed E-state index contributed by atoms with van der Waals surface area (Å²) in [4.78, 5) is 0. The SMILES string of the molecule is Cl.[C-]1=CC=CC1.[CH2-]Cc1ccccc1.[Ti+2]. The molecule has 0 amide bonds. The third-order valence-electron chi connectivity index (χ3n) is 1.72. The maximum atomic E-state index is 3.76. The predicted octanol–water partition coefficient (Wildman–Crippen LogP) is 3.79. The summed E-state index contributed by atoms with van der Waals surface area (Å²) in [7, 11) is 0. The average molecular weight is 255 g/mol. The summed E-state index contributed by atoms with van der Waals surface area (Å²) in [5.74, 6) is 0. The molecule has 0 N–H and O–H groups in total. The molecule has 0 unspecified atom stereocenters. The smallest absolute Gasteiger partial charge is 0.339 e. The van der Waals surface area contributed by atoms with Crippen LogP contribution in [0.4, 0.5) is 0 Å². The van der Waals surface area contributed by atoms with Gasteiger partial charge in [0.25, 0.3) is 0 Å².